The highest BCUT2D eigenvalue weighted by molar-refractivity contribution is 5.88. The van der Waals surface area contributed by atoms with Crippen molar-refractivity contribution in [3.63, 3.8) is 0 Å². The Balaban J connectivity index is 1.99. The van der Waals surface area contributed by atoms with Gasteiger partial charge in [-0.2, -0.15) is 0 Å². The van der Waals surface area contributed by atoms with Crippen molar-refractivity contribution in [2.24, 2.45) is 0 Å². The van der Waals surface area contributed by atoms with Crippen LogP contribution in [0.3, 0.4) is 0 Å². The highest BCUT2D eigenvalue weighted by Gasteiger charge is 2.41. The first-order valence-corrected chi connectivity index (χ1v) is 9.01. The molecule has 0 bridgehead atoms. The van der Waals surface area contributed by atoms with Crippen LogP contribution in [0.5, 0.6) is 0 Å². The Labute approximate surface area is 145 Å². The third-order valence-corrected chi connectivity index (χ3v) is 5.12. The minimum absolute atomic E-state index is 0.148. The van der Waals surface area contributed by atoms with Gasteiger partial charge in [0.1, 0.15) is 0 Å². The van der Waals surface area contributed by atoms with Crippen molar-refractivity contribution in [2.45, 2.75) is 63.7 Å². The molecule has 1 amide bonds. The van der Waals surface area contributed by atoms with E-state index in [1.165, 1.54) is 24.7 Å². The Morgan fingerprint density at radius 1 is 1.12 bits per heavy atom. The van der Waals surface area contributed by atoms with Crippen LogP contribution in [0.2, 0.25) is 0 Å². The second kappa shape index (κ2) is 8.86. The van der Waals surface area contributed by atoms with E-state index in [1.54, 1.807) is 0 Å². The summed E-state index contributed by atoms with van der Waals surface area (Å²) >= 11 is 0. The lowest BCUT2D eigenvalue weighted by Crippen LogP contribution is -2.46. The van der Waals surface area contributed by atoms with Gasteiger partial charge in [0, 0.05) is 13.0 Å². The van der Waals surface area contributed by atoms with E-state index < -0.39 is 0 Å². The number of rotatable bonds is 7. The summed E-state index contributed by atoms with van der Waals surface area (Å²) in [4.78, 5) is 24.1. The van der Waals surface area contributed by atoms with Gasteiger partial charge in [-0.3, -0.25) is 9.59 Å². The maximum absolute atomic E-state index is 13.0. The van der Waals surface area contributed by atoms with E-state index in [0.29, 0.717) is 13.0 Å². The van der Waals surface area contributed by atoms with Crippen LogP contribution >= 0.6 is 0 Å². The van der Waals surface area contributed by atoms with Gasteiger partial charge in [-0.25, -0.2) is 0 Å². The molecule has 0 saturated heterocycles. The number of unbranched alkanes of at least 4 members (excludes halogenated alkanes) is 1. The lowest BCUT2D eigenvalue weighted by molar-refractivity contribution is -0.140. The van der Waals surface area contributed by atoms with Crippen LogP contribution in [0.4, 0.5) is 0 Å². The van der Waals surface area contributed by atoms with Crippen molar-refractivity contribution in [1.29, 1.82) is 0 Å². The molecule has 1 saturated carbocycles. The topological polar surface area (TPSA) is 55.4 Å². The lowest BCUT2D eigenvalue weighted by atomic mass is 9.67. The first kappa shape index (κ1) is 18.5. The molecule has 132 valence electrons. The number of carbonyl (C=O) groups is 2. The first-order valence-electron chi connectivity index (χ1n) is 9.01. The van der Waals surface area contributed by atoms with Crippen LogP contribution in [0.1, 0.15) is 62.5 Å². The molecule has 0 unspecified atom stereocenters. The third kappa shape index (κ3) is 4.37. The van der Waals surface area contributed by atoms with Gasteiger partial charge in [-0.1, -0.05) is 43.5 Å². The van der Waals surface area contributed by atoms with Crippen molar-refractivity contribution in [3.05, 3.63) is 35.4 Å². The molecule has 0 spiro atoms. The van der Waals surface area contributed by atoms with Gasteiger partial charge in [-0.05, 0) is 43.7 Å². The molecule has 0 radical (unpaired) electrons. The number of aryl methyl sites for hydroxylation is 1. The molecule has 1 aliphatic rings. The molecule has 0 aromatic heterocycles. The maximum atomic E-state index is 13.0. The fraction of sp³-hybridized carbons (Fsp3) is 0.600. The number of ether oxygens (including phenoxy) is 1. The lowest BCUT2D eigenvalue weighted by Gasteiger charge is -2.37. The summed E-state index contributed by atoms with van der Waals surface area (Å²) in [6.45, 7) is 2.71. The molecule has 1 aromatic carbocycles. The number of carbonyl (C=O) groups excluding carboxylic acids is 2. The fourth-order valence-corrected chi connectivity index (χ4v) is 3.75. The van der Waals surface area contributed by atoms with Crippen molar-refractivity contribution in [2.75, 3.05) is 13.7 Å². The molecule has 0 atom stereocenters. The molecule has 4 nitrogen and oxygen atoms in total. The molecule has 1 N–H and O–H groups in total. The molecule has 1 fully saturated rings. The Bertz CT molecular complexity index is 562. The zero-order chi connectivity index (χ0) is 17.4. The first-order chi connectivity index (χ1) is 11.6. The van der Waals surface area contributed by atoms with Gasteiger partial charge < -0.3 is 10.1 Å². The number of methoxy groups -OCH3 is 1. The zero-order valence-corrected chi connectivity index (χ0v) is 14.9. The van der Waals surface area contributed by atoms with Crippen molar-refractivity contribution >= 4 is 11.9 Å². The van der Waals surface area contributed by atoms with Crippen LogP contribution < -0.4 is 5.32 Å². The van der Waals surface area contributed by atoms with Crippen LogP contribution in [-0.4, -0.2) is 25.5 Å². The normalized spacial score (nSPS) is 16.4. The van der Waals surface area contributed by atoms with Gasteiger partial charge >= 0.3 is 5.97 Å². The number of hydrogen-bond donors (Lipinski definition) is 1. The molecular formula is C20H29NO3. The Morgan fingerprint density at radius 3 is 2.50 bits per heavy atom. The standard InChI is InChI=1S/C20H29NO3/c1-16-10-4-5-11-17(16)20(13-7-3-8-14-20)19(23)21-15-9-6-12-18(22)24-2/h4-5,10-11H,3,6-9,12-15H2,1-2H3,(H,21,23). The summed E-state index contributed by atoms with van der Waals surface area (Å²) < 4.78 is 4.63. The number of amides is 1. The summed E-state index contributed by atoms with van der Waals surface area (Å²) in [5.41, 5.74) is 1.99. The largest absolute Gasteiger partial charge is 0.469 e. The van der Waals surface area contributed by atoms with Crippen molar-refractivity contribution in [1.82, 2.24) is 5.32 Å². The SMILES string of the molecule is COC(=O)CCCCNC(=O)C1(c2ccccc2C)CCCCC1. The maximum Gasteiger partial charge on any atom is 0.305 e. The third-order valence-electron chi connectivity index (χ3n) is 5.12. The Hall–Kier alpha value is -1.84. The van der Waals surface area contributed by atoms with Crippen LogP contribution in [0.15, 0.2) is 24.3 Å². The molecule has 0 aliphatic heterocycles. The zero-order valence-electron chi connectivity index (χ0n) is 14.9. The second-order valence-corrected chi connectivity index (χ2v) is 6.75. The van der Waals surface area contributed by atoms with E-state index in [2.05, 4.69) is 29.1 Å². The fourth-order valence-electron chi connectivity index (χ4n) is 3.75. The van der Waals surface area contributed by atoms with Gasteiger partial charge in [-0.15, -0.1) is 0 Å². The van der Waals surface area contributed by atoms with Crippen molar-refractivity contribution in [3.8, 4) is 0 Å². The van der Waals surface area contributed by atoms with Crippen LogP contribution in [0.25, 0.3) is 0 Å². The van der Waals surface area contributed by atoms with Crippen molar-refractivity contribution < 1.29 is 14.3 Å². The quantitative estimate of drug-likeness (QED) is 0.613. The number of benzene rings is 1. The number of hydrogen-bond acceptors (Lipinski definition) is 3. The summed E-state index contributed by atoms with van der Waals surface area (Å²) in [6.07, 6.45) is 7.20. The van der Waals surface area contributed by atoms with E-state index in [9.17, 15) is 9.59 Å². The predicted molar refractivity (Wildman–Crippen MR) is 94.8 cm³/mol. The summed E-state index contributed by atoms with van der Waals surface area (Å²) in [6, 6.07) is 8.26. The monoisotopic (exact) mass is 331 g/mol. The van der Waals surface area contributed by atoms with E-state index in [-0.39, 0.29) is 17.3 Å². The summed E-state index contributed by atoms with van der Waals surface area (Å²) in [5, 5.41) is 3.12. The highest BCUT2D eigenvalue weighted by atomic mass is 16.5. The highest BCUT2D eigenvalue weighted by Crippen LogP contribution is 2.41. The van der Waals surface area contributed by atoms with Gasteiger partial charge in [0.15, 0.2) is 0 Å². The average Bonchev–Trinajstić information content (AvgIpc) is 2.62. The van der Waals surface area contributed by atoms with E-state index in [1.807, 2.05) is 12.1 Å². The smallest absolute Gasteiger partial charge is 0.305 e. The predicted octanol–water partition coefficient (Wildman–Crippen LogP) is 3.66. The Morgan fingerprint density at radius 2 is 1.83 bits per heavy atom. The molecule has 1 aromatic rings. The second-order valence-electron chi connectivity index (χ2n) is 6.75. The molecule has 24 heavy (non-hydrogen) atoms. The Kier molecular flexibility index (Phi) is 6.83. The molecule has 2 rings (SSSR count). The number of nitrogens with one attached hydrogen (secondary N) is 1. The summed E-state index contributed by atoms with van der Waals surface area (Å²) in [5.74, 6) is -0.0421. The minimum atomic E-state index is -0.383. The minimum Gasteiger partial charge on any atom is -0.469 e. The van der Waals surface area contributed by atoms with Gasteiger partial charge in [0.2, 0.25) is 5.91 Å². The molecular weight excluding hydrogens is 302 g/mol. The van der Waals surface area contributed by atoms with E-state index >= 15 is 0 Å². The van der Waals surface area contributed by atoms with E-state index in [4.69, 9.17) is 0 Å². The molecule has 1 aliphatic carbocycles. The van der Waals surface area contributed by atoms with Gasteiger partial charge in [0.25, 0.3) is 0 Å². The van der Waals surface area contributed by atoms with Crippen LogP contribution in [0, 0.1) is 6.92 Å². The van der Waals surface area contributed by atoms with Gasteiger partial charge in [0.05, 0.1) is 12.5 Å². The average molecular weight is 331 g/mol. The molecule has 4 heteroatoms. The summed E-state index contributed by atoms with van der Waals surface area (Å²) in [7, 11) is 1.40. The molecule has 0 heterocycles. The van der Waals surface area contributed by atoms with Crippen LogP contribution in [-0.2, 0) is 19.7 Å². The van der Waals surface area contributed by atoms with E-state index in [0.717, 1.165) is 38.5 Å². The number of esters is 1.